The van der Waals surface area contributed by atoms with Gasteiger partial charge in [-0.1, -0.05) is 54.6 Å². The Labute approximate surface area is 155 Å². The molecule has 0 unspecified atom stereocenters. The lowest BCUT2D eigenvalue weighted by Gasteiger charge is -2.29. The molecule has 138 valence electrons. The van der Waals surface area contributed by atoms with E-state index in [1.165, 1.54) is 11.1 Å². The lowest BCUT2D eigenvalue weighted by atomic mass is 10.00. The van der Waals surface area contributed by atoms with E-state index >= 15 is 0 Å². The zero-order valence-corrected chi connectivity index (χ0v) is 15.5. The molecule has 0 radical (unpaired) electrons. The van der Waals surface area contributed by atoms with Gasteiger partial charge >= 0.3 is 0 Å². The van der Waals surface area contributed by atoms with Gasteiger partial charge in [0.25, 0.3) is 0 Å². The Kier molecular flexibility index (Phi) is 6.06. The number of hydrogen-bond acceptors (Lipinski definition) is 3. The number of amides is 1. The molecule has 0 aliphatic carbocycles. The Balaban J connectivity index is 1.43. The van der Waals surface area contributed by atoms with Gasteiger partial charge in [-0.05, 0) is 29.5 Å². The fourth-order valence-electron chi connectivity index (χ4n) is 3.15. The highest BCUT2D eigenvalue weighted by molar-refractivity contribution is 7.89. The van der Waals surface area contributed by atoms with Crippen LogP contribution in [0.5, 0.6) is 0 Å². The number of carbonyl (C=O) groups is 1. The van der Waals surface area contributed by atoms with E-state index in [1.807, 2.05) is 48.5 Å². The van der Waals surface area contributed by atoms with Gasteiger partial charge < -0.3 is 4.90 Å². The second kappa shape index (κ2) is 8.47. The van der Waals surface area contributed by atoms with Crippen LogP contribution < -0.4 is 4.72 Å². The molecule has 0 saturated heterocycles. The standard InChI is InChI=1S/C20H24N2O3S/c23-20(22-14-11-18-8-4-5-9-19(18)16-22)10-13-21-26(24,25)15-12-17-6-2-1-3-7-17/h1-9,21H,10-16H2. The zero-order chi connectivity index (χ0) is 18.4. The van der Waals surface area contributed by atoms with Crippen LogP contribution in [0.2, 0.25) is 0 Å². The van der Waals surface area contributed by atoms with Crippen LogP contribution in [0.1, 0.15) is 23.1 Å². The number of hydrogen-bond donors (Lipinski definition) is 1. The summed E-state index contributed by atoms with van der Waals surface area (Å²) >= 11 is 0. The maximum atomic E-state index is 12.4. The summed E-state index contributed by atoms with van der Waals surface area (Å²) in [7, 11) is -3.38. The van der Waals surface area contributed by atoms with Crippen molar-refractivity contribution in [3.8, 4) is 0 Å². The second-order valence-electron chi connectivity index (χ2n) is 6.53. The first-order valence-electron chi connectivity index (χ1n) is 8.89. The van der Waals surface area contributed by atoms with E-state index in [2.05, 4.69) is 10.8 Å². The predicted octanol–water partition coefficient (Wildman–Crippen LogP) is 2.12. The van der Waals surface area contributed by atoms with Crippen molar-refractivity contribution in [2.24, 2.45) is 0 Å². The summed E-state index contributed by atoms with van der Waals surface area (Å²) in [6, 6.07) is 17.6. The van der Waals surface area contributed by atoms with E-state index in [0.29, 0.717) is 19.5 Å². The third-order valence-corrected chi connectivity index (χ3v) is 6.03. The monoisotopic (exact) mass is 372 g/mol. The first-order chi connectivity index (χ1) is 12.5. The van der Waals surface area contributed by atoms with Gasteiger partial charge in [0.2, 0.25) is 15.9 Å². The molecule has 0 saturated carbocycles. The molecule has 0 atom stereocenters. The van der Waals surface area contributed by atoms with E-state index in [0.717, 1.165) is 12.0 Å². The Morgan fingerprint density at radius 2 is 1.69 bits per heavy atom. The summed E-state index contributed by atoms with van der Waals surface area (Å²) in [5.41, 5.74) is 3.45. The van der Waals surface area contributed by atoms with Gasteiger partial charge in [0.05, 0.1) is 5.75 Å². The third-order valence-electron chi connectivity index (χ3n) is 4.65. The molecule has 0 aromatic heterocycles. The Hall–Kier alpha value is -2.18. The number of aryl methyl sites for hydroxylation is 1. The van der Waals surface area contributed by atoms with Crippen LogP contribution in [-0.2, 0) is 34.2 Å². The number of benzene rings is 2. The van der Waals surface area contributed by atoms with Crippen molar-refractivity contribution < 1.29 is 13.2 Å². The van der Waals surface area contributed by atoms with Crippen LogP contribution in [0.25, 0.3) is 0 Å². The van der Waals surface area contributed by atoms with Crippen LogP contribution in [0.4, 0.5) is 0 Å². The van der Waals surface area contributed by atoms with Gasteiger partial charge in [-0.3, -0.25) is 4.79 Å². The summed E-state index contributed by atoms with van der Waals surface area (Å²) in [4.78, 5) is 14.2. The third kappa shape index (κ3) is 5.16. The number of fused-ring (bicyclic) bond motifs is 1. The molecular formula is C20H24N2O3S. The van der Waals surface area contributed by atoms with Crippen molar-refractivity contribution in [2.45, 2.75) is 25.8 Å². The molecule has 1 N–H and O–H groups in total. The fourth-order valence-corrected chi connectivity index (χ4v) is 4.21. The van der Waals surface area contributed by atoms with E-state index < -0.39 is 10.0 Å². The van der Waals surface area contributed by atoms with Gasteiger partial charge in [0.15, 0.2) is 0 Å². The van der Waals surface area contributed by atoms with Gasteiger partial charge in [0, 0.05) is 26.1 Å². The Bertz CT molecular complexity index is 850. The second-order valence-corrected chi connectivity index (χ2v) is 8.46. The SMILES string of the molecule is O=C(CCNS(=O)(=O)CCc1ccccc1)N1CCc2ccccc2C1. The molecule has 1 amide bonds. The molecular weight excluding hydrogens is 348 g/mol. The zero-order valence-electron chi connectivity index (χ0n) is 14.7. The van der Waals surface area contributed by atoms with Gasteiger partial charge in [-0.25, -0.2) is 13.1 Å². The summed E-state index contributed by atoms with van der Waals surface area (Å²) in [6.45, 7) is 1.44. The topological polar surface area (TPSA) is 66.5 Å². The molecule has 0 fully saturated rings. The molecule has 3 rings (SSSR count). The summed E-state index contributed by atoms with van der Waals surface area (Å²) in [5.74, 6) is 0.0210. The normalized spacial score (nSPS) is 14.1. The largest absolute Gasteiger partial charge is 0.338 e. The molecule has 5 nitrogen and oxygen atoms in total. The van der Waals surface area contributed by atoms with Crippen molar-refractivity contribution in [1.82, 2.24) is 9.62 Å². The van der Waals surface area contributed by atoms with Crippen molar-refractivity contribution in [2.75, 3.05) is 18.8 Å². The number of rotatable bonds is 7. The van der Waals surface area contributed by atoms with E-state index in [4.69, 9.17) is 0 Å². The molecule has 0 spiro atoms. The van der Waals surface area contributed by atoms with Crippen LogP contribution >= 0.6 is 0 Å². The number of sulfonamides is 1. The smallest absolute Gasteiger partial charge is 0.224 e. The van der Waals surface area contributed by atoms with Crippen molar-refractivity contribution in [1.29, 1.82) is 0 Å². The lowest BCUT2D eigenvalue weighted by molar-refractivity contribution is -0.131. The first-order valence-corrected chi connectivity index (χ1v) is 10.5. The lowest BCUT2D eigenvalue weighted by Crippen LogP contribution is -2.38. The Morgan fingerprint density at radius 3 is 2.46 bits per heavy atom. The van der Waals surface area contributed by atoms with Crippen LogP contribution in [0, 0.1) is 0 Å². The van der Waals surface area contributed by atoms with Crippen molar-refractivity contribution >= 4 is 15.9 Å². The molecule has 1 aliphatic rings. The Morgan fingerprint density at radius 1 is 1.00 bits per heavy atom. The molecule has 26 heavy (non-hydrogen) atoms. The van der Waals surface area contributed by atoms with Gasteiger partial charge in [-0.15, -0.1) is 0 Å². The van der Waals surface area contributed by atoms with Gasteiger partial charge in [-0.2, -0.15) is 0 Å². The summed E-state index contributed by atoms with van der Waals surface area (Å²) in [5, 5.41) is 0. The highest BCUT2D eigenvalue weighted by Crippen LogP contribution is 2.18. The molecule has 1 heterocycles. The average Bonchev–Trinajstić information content (AvgIpc) is 2.67. The van der Waals surface area contributed by atoms with Crippen LogP contribution in [0.15, 0.2) is 54.6 Å². The maximum absolute atomic E-state index is 12.4. The number of carbonyl (C=O) groups excluding carboxylic acids is 1. The first kappa shape index (κ1) is 18.6. The number of nitrogens with zero attached hydrogens (tertiary/aromatic N) is 1. The van der Waals surface area contributed by atoms with Crippen molar-refractivity contribution in [3.63, 3.8) is 0 Å². The predicted molar refractivity (Wildman–Crippen MR) is 102 cm³/mol. The summed E-state index contributed by atoms with van der Waals surface area (Å²) in [6.07, 6.45) is 1.50. The molecule has 1 aliphatic heterocycles. The minimum Gasteiger partial charge on any atom is -0.338 e. The average molecular weight is 372 g/mol. The van der Waals surface area contributed by atoms with Crippen LogP contribution in [-0.4, -0.2) is 38.1 Å². The molecule has 2 aromatic carbocycles. The van der Waals surface area contributed by atoms with E-state index in [9.17, 15) is 13.2 Å². The highest BCUT2D eigenvalue weighted by Gasteiger charge is 2.20. The molecule has 0 bridgehead atoms. The van der Waals surface area contributed by atoms with E-state index in [-0.39, 0.29) is 24.6 Å². The summed E-state index contributed by atoms with van der Waals surface area (Å²) < 4.78 is 26.7. The fraction of sp³-hybridized carbons (Fsp3) is 0.350. The maximum Gasteiger partial charge on any atom is 0.224 e. The number of nitrogens with one attached hydrogen (secondary N) is 1. The van der Waals surface area contributed by atoms with Crippen molar-refractivity contribution in [3.05, 3.63) is 71.3 Å². The minimum absolute atomic E-state index is 0.00902. The van der Waals surface area contributed by atoms with Crippen LogP contribution in [0.3, 0.4) is 0 Å². The molecule has 6 heteroatoms. The minimum atomic E-state index is -3.38. The van der Waals surface area contributed by atoms with E-state index in [1.54, 1.807) is 4.90 Å². The quantitative estimate of drug-likeness (QED) is 0.810. The van der Waals surface area contributed by atoms with Gasteiger partial charge in [0.1, 0.15) is 0 Å². The molecule has 2 aromatic rings. The highest BCUT2D eigenvalue weighted by atomic mass is 32.2.